The van der Waals surface area contributed by atoms with E-state index < -0.39 is 0 Å². The van der Waals surface area contributed by atoms with E-state index in [-0.39, 0.29) is 36.1 Å². The van der Waals surface area contributed by atoms with Crippen LogP contribution in [0.25, 0.3) is 0 Å². The van der Waals surface area contributed by atoms with Crippen LogP contribution >= 0.6 is 0 Å². The number of hydrogen-bond acceptors (Lipinski definition) is 4. The van der Waals surface area contributed by atoms with Crippen molar-refractivity contribution in [2.75, 3.05) is 0 Å². The van der Waals surface area contributed by atoms with Crippen LogP contribution in [0.4, 0.5) is 0 Å². The highest BCUT2D eigenvalue weighted by molar-refractivity contribution is 5.79. The van der Waals surface area contributed by atoms with E-state index in [1.54, 1.807) is 0 Å². The fourth-order valence-corrected chi connectivity index (χ4v) is 3.51. The van der Waals surface area contributed by atoms with E-state index in [1.807, 2.05) is 31.6 Å². The van der Waals surface area contributed by atoms with Gasteiger partial charge in [-0.05, 0) is 52.4 Å². The Morgan fingerprint density at radius 3 is 2.82 bits per heavy atom. The molecule has 0 aliphatic carbocycles. The molecule has 2 heterocycles. The van der Waals surface area contributed by atoms with Gasteiger partial charge in [-0.15, -0.1) is 5.10 Å². The third kappa shape index (κ3) is 6.94. The van der Waals surface area contributed by atoms with Crippen LogP contribution in [0.5, 0.6) is 0 Å². The smallest absolute Gasteiger partial charge is 0.225 e. The maximum absolute atomic E-state index is 12.2. The van der Waals surface area contributed by atoms with Crippen molar-refractivity contribution < 1.29 is 9.53 Å². The van der Waals surface area contributed by atoms with Gasteiger partial charge in [0.2, 0.25) is 5.91 Å². The molecule has 156 valence electrons. The zero-order chi connectivity index (χ0) is 20.5. The van der Waals surface area contributed by atoms with Crippen molar-refractivity contribution in [2.45, 2.75) is 104 Å². The van der Waals surface area contributed by atoms with E-state index in [1.165, 1.54) is 12.8 Å². The standard InChI is InChI=1S/C22H36N4O2/c1-6-7-8-9-10-11-19-15-26(25-24-19)17(4)14-20-12-13-21(28-20)18(5)22(27)23-16(2)3/h15-18,20-21H,6-9,12-14H2,1-5H3,(H,23,27)/t17-,18-,20+,21-/m1/s1. The molecule has 1 amide bonds. The monoisotopic (exact) mass is 388 g/mol. The van der Waals surface area contributed by atoms with Gasteiger partial charge in [-0.3, -0.25) is 4.79 Å². The summed E-state index contributed by atoms with van der Waals surface area (Å²) in [5.74, 6) is 6.23. The maximum atomic E-state index is 12.2. The van der Waals surface area contributed by atoms with Gasteiger partial charge in [0.1, 0.15) is 0 Å². The van der Waals surface area contributed by atoms with Crippen LogP contribution < -0.4 is 5.32 Å². The van der Waals surface area contributed by atoms with Crippen molar-refractivity contribution in [1.82, 2.24) is 20.3 Å². The predicted octanol–water partition coefficient (Wildman–Crippen LogP) is 3.87. The number of nitrogens with one attached hydrogen (secondary N) is 1. The normalized spacial score (nSPS) is 21.2. The molecular formula is C22H36N4O2. The molecule has 6 heteroatoms. The molecule has 1 aliphatic heterocycles. The molecule has 0 spiro atoms. The van der Waals surface area contributed by atoms with E-state index in [0.717, 1.165) is 37.8 Å². The Hall–Kier alpha value is -1.87. The molecule has 6 nitrogen and oxygen atoms in total. The first-order valence-corrected chi connectivity index (χ1v) is 10.8. The first kappa shape index (κ1) is 22.4. The second-order valence-corrected chi connectivity index (χ2v) is 8.25. The molecule has 1 N–H and O–H groups in total. The second-order valence-electron chi connectivity index (χ2n) is 8.25. The quantitative estimate of drug-likeness (QED) is 0.515. The minimum Gasteiger partial charge on any atom is -0.374 e. The Morgan fingerprint density at radius 1 is 1.32 bits per heavy atom. The molecule has 1 saturated heterocycles. The third-order valence-electron chi connectivity index (χ3n) is 5.23. The van der Waals surface area contributed by atoms with Gasteiger partial charge in [-0.25, -0.2) is 4.68 Å². The molecule has 28 heavy (non-hydrogen) atoms. The summed E-state index contributed by atoms with van der Waals surface area (Å²) in [6.07, 6.45) is 9.32. The van der Waals surface area contributed by atoms with Crippen molar-refractivity contribution in [3.8, 4) is 11.8 Å². The lowest BCUT2D eigenvalue weighted by Crippen LogP contribution is -2.39. The zero-order valence-corrected chi connectivity index (χ0v) is 18.1. The van der Waals surface area contributed by atoms with Gasteiger partial charge in [0.25, 0.3) is 0 Å². The van der Waals surface area contributed by atoms with Gasteiger partial charge in [0.15, 0.2) is 5.69 Å². The lowest BCUT2D eigenvalue weighted by Gasteiger charge is -2.22. The van der Waals surface area contributed by atoms with E-state index in [9.17, 15) is 4.79 Å². The summed E-state index contributed by atoms with van der Waals surface area (Å²) in [6, 6.07) is 0.343. The average molecular weight is 389 g/mol. The second kappa shape index (κ2) is 11.2. The van der Waals surface area contributed by atoms with Gasteiger partial charge in [0.05, 0.1) is 30.4 Å². The van der Waals surface area contributed by atoms with Gasteiger partial charge in [0, 0.05) is 12.5 Å². The highest BCUT2D eigenvalue weighted by Gasteiger charge is 2.33. The number of rotatable bonds is 9. The average Bonchev–Trinajstić information content (AvgIpc) is 3.30. The van der Waals surface area contributed by atoms with Crippen LogP contribution in [0, 0.1) is 17.8 Å². The molecule has 0 unspecified atom stereocenters. The summed E-state index contributed by atoms with van der Waals surface area (Å²) < 4.78 is 8.05. The highest BCUT2D eigenvalue weighted by atomic mass is 16.5. The summed E-state index contributed by atoms with van der Waals surface area (Å²) in [5.41, 5.74) is 0.729. The number of carbonyl (C=O) groups excluding carboxylic acids is 1. The van der Waals surface area contributed by atoms with Crippen LogP contribution in [0.15, 0.2) is 6.20 Å². The summed E-state index contributed by atoms with van der Waals surface area (Å²) in [4.78, 5) is 12.2. The number of carbonyl (C=O) groups is 1. The zero-order valence-electron chi connectivity index (χ0n) is 18.1. The molecule has 1 aliphatic rings. The summed E-state index contributed by atoms with van der Waals surface area (Å²) in [7, 11) is 0. The van der Waals surface area contributed by atoms with Gasteiger partial charge in [-0.2, -0.15) is 0 Å². The van der Waals surface area contributed by atoms with Crippen LogP contribution in [-0.2, 0) is 9.53 Å². The lowest BCUT2D eigenvalue weighted by molar-refractivity contribution is -0.129. The van der Waals surface area contributed by atoms with Crippen molar-refractivity contribution in [3.63, 3.8) is 0 Å². The number of aromatic nitrogens is 3. The molecule has 0 aromatic carbocycles. The number of amides is 1. The molecule has 0 radical (unpaired) electrons. The summed E-state index contributed by atoms with van der Waals surface area (Å²) in [6.45, 7) is 10.2. The number of ether oxygens (including phenoxy) is 1. The van der Waals surface area contributed by atoms with Gasteiger partial charge in [-0.1, -0.05) is 37.8 Å². The maximum Gasteiger partial charge on any atom is 0.225 e. The molecule has 0 bridgehead atoms. The summed E-state index contributed by atoms with van der Waals surface area (Å²) in [5, 5.41) is 11.4. The number of hydrogen-bond donors (Lipinski definition) is 1. The Balaban J connectivity index is 1.80. The first-order valence-electron chi connectivity index (χ1n) is 10.8. The topological polar surface area (TPSA) is 69.0 Å². The first-order chi connectivity index (χ1) is 13.4. The minimum atomic E-state index is -0.122. The van der Waals surface area contributed by atoms with E-state index in [2.05, 4.69) is 41.3 Å². The van der Waals surface area contributed by atoms with Crippen molar-refractivity contribution in [3.05, 3.63) is 11.9 Å². The largest absolute Gasteiger partial charge is 0.374 e. The lowest BCUT2D eigenvalue weighted by atomic mass is 10.00. The Kier molecular flexibility index (Phi) is 8.98. The van der Waals surface area contributed by atoms with Crippen molar-refractivity contribution in [2.24, 2.45) is 5.92 Å². The van der Waals surface area contributed by atoms with Crippen LogP contribution in [-0.4, -0.2) is 39.2 Å². The molecule has 0 saturated carbocycles. The fourth-order valence-electron chi connectivity index (χ4n) is 3.51. The summed E-state index contributed by atoms with van der Waals surface area (Å²) >= 11 is 0. The highest BCUT2D eigenvalue weighted by Crippen LogP contribution is 2.30. The molecule has 4 atom stereocenters. The molecular weight excluding hydrogens is 352 g/mol. The number of nitrogens with zero attached hydrogens (tertiary/aromatic N) is 3. The van der Waals surface area contributed by atoms with Crippen molar-refractivity contribution in [1.29, 1.82) is 0 Å². The molecule has 2 rings (SSSR count). The van der Waals surface area contributed by atoms with E-state index in [0.29, 0.717) is 0 Å². The van der Waals surface area contributed by atoms with Gasteiger partial charge >= 0.3 is 0 Å². The molecule has 1 fully saturated rings. The molecule has 1 aromatic heterocycles. The molecule has 1 aromatic rings. The Bertz CT molecular complexity index is 674. The van der Waals surface area contributed by atoms with Gasteiger partial charge < -0.3 is 10.1 Å². The van der Waals surface area contributed by atoms with Crippen LogP contribution in [0.2, 0.25) is 0 Å². The Morgan fingerprint density at radius 2 is 2.11 bits per heavy atom. The van der Waals surface area contributed by atoms with E-state index >= 15 is 0 Å². The number of unbranched alkanes of at least 4 members (excludes halogenated alkanes) is 3. The van der Waals surface area contributed by atoms with E-state index in [4.69, 9.17) is 4.74 Å². The Labute approximate surface area is 169 Å². The van der Waals surface area contributed by atoms with Crippen molar-refractivity contribution >= 4 is 5.91 Å². The predicted molar refractivity (Wildman–Crippen MR) is 111 cm³/mol. The fraction of sp³-hybridized carbons (Fsp3) is 0.773. The third-order valence-corrected chi connectivity index (χ3v) is 5.23. The van der Waals surface area contributed by atoms with Crippen LogP contribution in [0.3, 0.4) is 0 Å². The SMILES string of the molecule is CCCCCC#Cc1cn([C@H](C)C[C@@H]2CC[C@H]([C@@H](C)C(=O)NC(C)C)O2)nn1. The van der Waals surface area contributed by atoms with Crippen LogP contribution in [0.1, 0.15) is 91.3 Å². The minimum absolute atomic E-state index is 0.00348.